The summed E-state index contributed by atoms with van der Waals surface area (Å²) in [6, 6.07) is 0. The van der Waals surface area contributed by atoms with Crippen molar-refractivity contribution in [1.82, 2.24) is 0 Å². The van der Waals surface area contributed by atoms with Crippen molar-refractivity contribution in [2.45, 2.75) is 471 Å². The van der Waals surface area contributed by atoms with Gasteiger partial charge in [0, 0.05) is 25.2 Å². The summed E-state index contributed by atoms with van der Waals surface area (Å²) in [7, 11) is 0. The lowest BCUT2D eigenvalue weighted by Crippen LogP contribution is -2.36. The maximum Gasteiger partial charge on any atom is 0.400 e. The summed E-state index contributed by atoms with van der Waals surface area (Å²) in [5, 5.41) is 0. The van der Waals surface area contributed by atoms with E-state index in [-0.39, 0.29) is 43.4 Å². The molecule has 21 heteroatoms. The van der Waals surface area contributed by atoms with Gasteiger partial charge in [-0.3, -0.25) is 0 Å². The Labute approximate surface area is 625 Å². The molecule has 0 amide bonds. The first-order valence-electron chi connectivity index (χ1n) is 38.9. The highest BCUT2D eigenvalue weighted by Gasteiger charge is 2.55. The molecule has 0 spiro atoms. The fourth-order valence-electron chi connectivity index (χ4n) is 5.50. The van der Waals surface area contributed by atoms with Crippen molar-refractivity contribution in [3.63, 3.8) is 0 Å². The lowest BCUT2D eigenvalue weighted by Gasteiger charge is -2.28. The summed E-state index contributed by atoms with van der Waals surface area (Å²) in [5.74, 6) is -5.23. The summed E-state index contributed by atoms with van der Waals surface area (Å²) in [6.45, 7) is 75.8. The molecule has 0 aromatic heterocycles. The van der Waals surface area contributed by atoms with E-state index >= 15 is 0 Å². The topological polar surface area (TPSA) is 0 Å². The fraction of sp³-hybridized carbons (Fsp3) is 1.00. The third-order valence-corrected chi connectivity index (χ3v) is 15.6. The molecular formula is C82H171F21. The van der Waals surface area contributed by atoms with E-state index in [1.807, 2.05) is 96.9 Å². The molecular weight excluding hydrogens is 1380 g/mol. The summed E-state index contributed by atoms with van der Waals surface area (Å²) >= 11 is 0. The van der Waals surface area contributed by atoms with Crippen LogP contribution in [0, 0.1) is 64.1 Å². The minimum Gasteiger partial charge on any atom is -0.244 e. The molecule has 0 nitrogen and oxygen atoms in total. The van der Waals surface area contributed by atoms with Crippen LogP contribution in [-0.4, -0.2) is 59.5 Å². The Kier molecular flexibility index (Phi) is 92.2. The van der Waals surface area contributed by atoms with Gasteiger partial charge in [0.25, 0.3) is 0 Å². The molecule has 0 radical (unpaired) electrons. The van der Waals surface area contributed by atoms with Gasteiger partial charge in [-0.25, -0.2) is 26.3 Å². The molecule has 103 heavy (non-hydrogen) atoms. The van der Waals surface area contributed by atoms with Crippen molar-refractivity contribution in [1.29, 1.82) is 0 Å². The SMILES string of the molecule is CC.CC(C)(C)C.CC(C)C.CC(C)C(C)(F)C(C)C.CC(C)C(F)(F)F.CC1CCC(F)(F)CC1.CCC.CCC(C)(C)CC(F)(F)F.CCC(C)(F)C(C)C.CCC(C)(F)CC.CCC(C)C.CCC(C)C(F)(F)F.CCCC.CCCC(C)(F)CCC.CCCCC(C(F)(F)F)C(F)(F)F. The third kappa shape index (κ3) is 127. The summed E-state index contributed by atoms with van der Waals surface area (Å²) < 4.78 is 251. The minimum absolute atomic E-state index is 0.0658. The molecule has 0 N–H and O–H groups in total. The molecule has 1 aliphatic rings. The zero-order chi connectivity index (χ0) is 87.0. The number of hydrogen-bond acceptors (Lipinski definition) is 0. The first-order valence-corrected chi connectivity index (χ1v) is 38.9. The van der Waals surface area contributed by atoms with Gasteiger partial charge in [-0.1, -0.05) is 307 Å². The Morgan fingerprint density at radius 1 is 0.379 bits per heavy atom. The van der Waals surface area contributed by atoms with Crippen LogP contribution in [-0.2, 0) is 0 Å². The molecule has 1 fully saturated rings. The van der Waals surface area contributed by atoms with E-state index in [9.17, 15) is 92.2 Å². The maximum atomic E-state index is 13.3. The van der Waals surface area contributed by atoms with Crippen LogP contribution in [0.5, 0.6) is 0 Å². The normalized spacial score (nSPS) is 14.1. The van der Waals surface area contributed by atoms with E-state index in [0.717, 1.165) is 38.5 Å². The van der Waals surface area contributed by atoms with E-state index in [2.05, 4.69) is 96.9 Å². The average molecular weight is 1560 g/mol. The van der Waals surface area contributed by atoms with Crippen LogP contribution in [0.25, 0.3) is 0 Å². The molecule has 646 valence electrons. The minimum atomic E-state index is -5.17. The van der Waals surface area contributed by atoms with Gasteiger partial charge in [-0.15, -0.1) is 0 Å². The number of alkyl halides is 21. The Bertz CT molecular complexity index is 1580. The largest absolute Gasteiger partial charge is 0.400 e. The first-order chi connectivity index (χ1) is 45.5. The van der Waals surface area contributed by atoms with Crippen molar-refractivity contribution >= 4 is 0 Å². The number of halogens is 21. The molecule has 0 saturated heterocycles. The molecule has 0 aromatic carbocycles. The second kappa shape index (κ2) is 70.9. The van der Waals surface area contributed by atoms with Crippen molar-refractivity contribution in [3.05, 3.63) is 0 Å². The average Bonchev–Trinajstić information content (AvgIpc) is 0.838. The lowest BCUT2D eigenvalue weighted by molar-refractivity contribution is -0.285. The molecule has 2 unspecified atom stereocenters. The Hall–Kier alpha value is -1.47. The summed E-state index contributed by atoms with van der Waals surface area (Å²) in [5.41, 5.74) is -3.87. The van der Waals surface area contributed by atoms with Gasteiger partial charge in [0.1, 0.15) is 22.7 Å². The van der Waals surface area contributed by atoms with Crippen LogP contribution in [0.4, 0.5) is 92.2 Å². The zero-order valence-electron chi connectivity index (χ0n) is 74.0. The summed E-state index contributed by atoms with van der Waals surface area (Å²) in [4.78, 5) is 0. The van der Waals surface area contributed by atoms with Crippen LogP contribution in [0.3, 0.4) is 0 Å². The molecule has 1 saturated carbocycles. The van der Waals surface area contributed by atoms with Crippen molar-refractivity contribution < 1.29 is 92.2 Å². The molecule has 0 aromatic rings. The van der Waals surface area contributed by atoms with Crippen LogP contribution in [0.1, 0.15) is 412 Å². The predicted octanol–water partition coefficient (Wildman–Crippen LogP) is 36.6. The monoisotopic (exact) mass is 1560 g/mol. The third-order valence-electron chi connectivity index (χ3n) is 15.6. The Balaban J connectivity index is -0.0000000698. The highest BCUT2D eigenvalue weighted by atomic mass is 19.4. The number of rotatable bonds is 18. The fourth-order valence-corrected chi connectivity index (χ4v) is 5.50. The van der Waals surface area contributed by atoms with Gasteiger partial charge < -0.3 is 0 Å². The number of unbranched alkanes of at least 4 members (excludes halogenated alkanes) is 2. The Morgan fingerprint density at radius 3 is 0.748 bits per heavy atom. The van der Waals surface area contributed by atoms with Crippen LogP contribution < -0.4 is 0 Å². The number of hydrogen-bond donors (Lipinski definition) is 0. The van der Waals surface area contributed by atoms with Gasteiger partial charge in [0.2, 0.25) is 5.92 Å². The van der Waals surface area contributed by atoms with Gasteiger partial charge in [-0.05, 0) is 132 Å². The van der Waals surface area contributed by atoms with E-state index in [4.69, 9.17) is 0 Å². The highest BCUT2D eigenvalue weighted by molar-refractivity contribution is 4.80. The molecule has 0 heterocycles. The smallest absolute Gasteiger partial charge is 0.244 e. The van der Waals surface area contributed by atoms with E-state index in [1.165, 1.54) is 39.5 Å². The van der Waals surface area contributed by atoms with Crippen molar-refractivity contribution in [3.8, 4) is 0 Å². The van der Waals surface area contributed by atoms with Gasteiger partial charge in [-0.2, -0.15) is 65.9 Å². The van der Waals surface area contributed by atoms with Crippen LogP contribution in [0.15, 0.2) is 0 Å². The van der Waals surface area contributed by atoms with Crippen molar-refractivity contribution in [2.75, 3.05) is 0 Å². The van der Waals surface area contributed by atoms with E-state index in [0.29, 0.717) is 69.1 Å². The van der Waals surface area contributed by atoms with Gasteiger partial charge in [0.05, 0.1) is 5.92 Å². The standard InChI is InChI=1S/2C8H17F.C7H10F6.C7H13F3.C7H12F2.C7H15F.C6H13F.C5H9F3.2C5H12.C4H7F3.2C4H10.C3H8.C2H6/c1-6(2)8(5,9)7(3)4;1-4-6-8(3,9)7-5-2;1-2-3-4-5(6(8,9)10)7(11,12)13;1-4-6(2,3)5-7(8,9)10;1-6-2-4-7(8,9)5-3-6;1-5-7(4,8)6(2)3;1-4-6(3,7)5-2;1-3-4(2)5(6,7)8;1-5(2,3)4;1-4-5(2)3;1-3(2)4(5,6)7;1-4(2)3;1-3-4-2;1-3-2;1-2/h6-7H,1-5H3;4-7H2,1-3H3;5H,2-4H2,1H3;4-5H2,1-3H3;6H,2-5H2,1H3;6H,5H2,1-4H3;4-5H2,1-3H3;4H,3H2,1-2H3;1-4H3;5H,4H2,1-3H3;3H,1-2H3;4H,1-3H3;3-4H2,1-2H3;3H2,1-2H3;1-2H3. The summed E-state index contributed by atoms with van der Waals surface area (Å²) in [6.07, 6.45) is -10.9. The molecule has 0 bridgehead atoms. The second-order valence-electron chi connectivity index (χ2n) is 32.2. The molecule has 0 aliphatic heterocycles. The molecule has 1 rings (SSSR count). The van der Waals surface area contributed by atoms with Crippen molar-refractivity contribution in [2.24, 2.45) is 64.1 Å². The second-order valence-corrected chi connectivity index (χ2v) is 32.2. The van der Waals surface area contributed by atoms with Gasteiger partial charge >= 0.3 is 30.9 Å². The van der Waals surface area contributed by atoms with E-state index < -0.39 is 95.5 Å². The van der Waals surface area contributed by atoms with E-state index in [1.54, 1.807) is 55.4 Å². The first kappa shape index (κ1) is 134. The molecule has 2 atom stereocenters. The molecule has 1 aliphatic carbocycles. The lowest BCUT2D eigenvalue weighted by atomic mass is 9.84. The van der Waals surface area contributed by atoms with Crippen LogP contribution >= 0.6 is 0 Å². The zero-order valence-corrected chi connectivity index (χ0v) is 74.0. The van der Waals surface area contributed by atoms with Gasteiger partial charge in [0.15, 0.2) is 5.92 Å². The quantitative estimate of drug-likeness (QED) is 0.120. The highest BCUT2D eigenvalue weighted by Crippen LogP contribution is 2.42. The Morgan fingerprint density at radius 2 is 0.660 bits per heavy atom. The predicted molar refractivity (Wildman–Crippen MR) is 411 cm³/mol. The maximum absolute atomic E-state index is 13.3. The van der Waals surface area contributed by atoms with Crippen LogP contribution in [0.2, 0.25) is 0 Å².